The summed E-state index contributed by atoms with van der Waals surface area (Å²) < 4.78 is 58.2. The van der Waals surface area contributed by atoms with Crippen LogP contribution in [-0.2, 0) is 0 Å². The fourth-order valence-corrected chi connectivity index (χ4v) is 12.0. The van der Waals surface area contributed by atoms with E-state index in [0.717, 1.165) is 10.5 Å². The molecule has 0 aliphatic carbocycles. The summed E-state index contributed by atoms with van der Waals surface area (Å²) in [5.41, 5.74) is 7.56. The predicted molar refractivity (Wildman–Crippen MR) is 148 cm³/mol. The highest BCUT2D eigenvalue weighted by Crippen LogP contribution is 2.50. The molecule has 38 heavy (non-hydrogen) atoms. The lowest BCUT2D eigenvalue weighted by Crippen LogP contribution is -2.43. The average molecular weight is 539 g/mol. The molecule has 8 heteroatoms. The number of aromatic nitrogens is 2. The molecule has 0 spiro atoms. The SMILES string of the molecule is [2H]C([2H])([2H])N1C(=O)c2cccc(OC(F)F)c2[C@H]2C[C@@H]1c1nc3ccc(C#C[Si](C(C)C)(C(C)C)C(C)C)cc3n12. The quantitative estimate of drug-likeness (QED) is 0.252. The summed E-state index contributed by atoms with van der Waals surface area (Å²) in [6.07, 6.45) is 0.180. The minimum Gasteiger partial charge on any atom is -0.434 e. The first kappa shape index (κ1) is 22.8. The number of hydrogen-bond acceptors (Lipinski definition) is 3. The van der Waals surface area contributed by atoms with Crippen LogP contribution in [0.15, 0.2) is 36.4 Å². The maximum Gasteiger partial charge on any atom is 0.387 e. The van der Waals surface area contributed by atoms with Crippen molar-refractivity contribution in [2.75, 3.05) is 6.98 Å². The van der Waals surface area contributed by atoms with E-state index < -0.39 is 39.7 Å². The Morgan fingerprint density at radius 1 is 1.08 bits per heavy atom. The average Bonchev–Trinajstić information content (AvgIpc) is 3.35. The first-order valence-corrected chi connectivity index (χ1v) is 15.4. The van der Waals surface area contributed by atoms with Crippen molar-refractivity contribution < 1.29 is 22.4 Å². The van der Waals surface area contributed by atoms with E-state index in [-0.39, 0.29) is 23.3 Å². The molecule has 5 rings (SSSR count). The zero-order valence-electron chi connectivity index (χ0n) is 25.5. The first-order chi connectivity index (χ1) is 19.2. The molecule has 0 N–H and O–H groups in total. The number of imidazole rings is 1. The van der Waals surface area contributed by atoms with Gasteiger partial charge in [-0.2, -0.15) is 8.78 Å². The molecule has 200 valence electrons. The number of benzene rings is 2. The van der Waals surface area contributed by atoms with E-state index in [4.69, 9.17) is 13.8 Å². The second kappa shape index (κ2) is 9.53. The van der Waals surface area contributed by atoms with Crippen LogP contribution in [-0.4, -0.2) is 42.0 Å². The number of carbonyl (C=O) groups excluding carboxylic acids is 1. The summed E-state index contributed by atoms with van der Waals surface area (Å²) in [6.45, 7) is 7.66. The van der Waals surface area contributed by atoms with E-state index in [1.54, 1.807) is 0 Å². The summed E-state index contributed by atoms with van der Waals surface area (Å²) in [6, 6.07) is 8.50. The number of carbonyl (C=O) groups is 1. The number of halogens is 2. The van der Waals surface area contributed by atoms with E-state index >= 15 is 0 Å². The first-order valence-electron chi connectivity index (χ1n) is 14.6. The third kappa shape index (κ3) is 3.94. The van der Waals surface area contributed by atoms with Crippen molar-refractivity contribution in [2.45, 2.75) is 83.3 Å². The summed E-state index contributed by atoms with van der Waals surface area (Å²) in [5, 5.41) is 0. The number of amides is 1. The monoisotopic (exact) mass is 538 g/mol. The zero-order chi connectivity index (χ0) is 30.0. The van der Waals surface area contributed by atoms with Crippen LogP contribution in [0.25, 0.3) is 11.0 Å². The second-order valence-electron chi connectivity index (χ2n) is 11.2. The normalized spacial score (nSPS) is 20.3. The lowest BCUT2D eigenvalue weighted by molar-refractivity contribution is -0.0507. The van der Waals surface area contributed by atoms with Crippen molar-refractivity contribution in [2.24, 2.45) is 0 Å². The molecule has 5 nitrogen and oxygen atoms in total. The van der Waals surface area contributed by atoms with Crippen LogP contribution in [0.3, 0.4) is 0 Å². The smallest absolute Gasteiger partial charge is 0.387 e. The maximum absolute atomic E-state index is 13.6. The Bertz CT molecular complexity index is 1550. The minimum atomic E-state index is -3.11. The van der Waals surface area contributed by atoms with Gasteiger partial charge in [-0.05, 0) is 47.0 Å². The Morgan fingerprint density at radius 3 is 2.42 bits per heavy atom. The third-order valence-corrected chi connectivity index (χ3v) is 14.7. The molecule has 1 aromatic heterocycles. The summed E-state index contributed by atoms with van der Waals surface area (Å²) in [5.74, 6) is 2.97. The van der Waals surface area contributed by atoms with Gasteiger partial charge in [-0.15, -0.1) is 5.54 Å². The maximum atomic E-state index is 13.6. The van der Waals surface area contributed by atoms with E-state index in [2.05, 4.69) is 53.0 Å². The van der Waals surface area contributed by atoms with Gasteiger partial charge in [0, 0.05) is 34.2 Å². The molecule has 0 fully saturated rings. The summed E-state index contributed by atoms with van der Waals surface area (Å²) >= 11 is 0. The van der Waals surface area contributed by atoms with E-state index in [9.17, 15) is 13.6 Å². The number of fused-ring (bicyclic) bond motifs is 9. The Morgan fingerprint density at radius 2 is 1.79 bits per heavy atom. The van der Waals surface area contributed by atoms with Crippen molar-refractivity contribution >= 4 is 25.0 Å². The van der Waals surface area contributed by atoms with Crippen molar-refractivity contribution in [3.05, 3.63) is 58.9 Å². The lowest BCUT2D eigenvalue weighted by atomic mass is 9.97. The number of rotatable bonds is 5. The number of ether oxygens (including phenoxy) is 1. The highest BCUT2D eigenvalue weighted by Gasteiger charge is 2.45. The molecule has 2 aromatic carbocycles. The minimum absolute atomic E-state index is 0.0387. The Kier molecular flexibility index (Phi) is 5.71. The lowest BCUT2D eigenvalue weighted by Gasteiger charge is -2.38. The molecular formula is C30H35F2N3O2Si. The molecule has 0 saturated carbocycles. The third-order valence-electron chi connectivity index (χ3n) is 8.44. The molecule has 3 aromatic rings. The molecule has 0 radical (unpaired) electrons. The van der Waals surface area contributed by atoms with Gasteiger partial charge in [-0.25, -0.2) is 4.98 Å². The molecule has 1 amide bonds. The highest BCUT2D eigenvalue weighted by molar-refractivity contribution is 6.90. The molecule has 3 heterocycles. The number of alkyl halides is 2. The van der Waals surface area contributed by atoms with Gasteiger partial charge in [-0.1, -0.05) is 53.5 Å². The molecule has 0 unspecified atom stereocenters. The van der Waals surface area contributed by atoms with Gasteiger partial charge in [0.2, 0.25) is 0 Å². The fraction of sp³-hybridized carbons (Fsp3) is 0.467. The predicted octanol–water partition coefficient (Wildman–Crippen LogP) is 7.33. The van der Waals surface area contributed by atoms with E-state index in [1.165, 1.54) is 18.2 Å². The van der Waals surface area contributed by atoms with Crippen LogP contribution >= 0.6 is 0 Å². The van der Waals surface area contributed by atoms with Crippen LogP contribution in [0.2, 0.25) is 16.6 Å². The molecule has 2 bridgehead atoms. The van der Waals surface area contributed by atoms with Crippen LogP contribution in [0.4, 0.5) is 8.78 Å². The number of nitrogens with zero attached hydrogens (tertiary/aromatic N) is 3. The van der Waals surface area contributed by atoms with Gasteiger partial charge in [-0.3, -0.25) is 4.79 Å². The van der Waals surface area contributed by atoms with Crippen LogP contribution < -0.4 is 4.74 Å². The van der Waals surface area contributed by atoms with Crippen molar-refractivity contribution in [1.82, 2.24) is 14.5 Å². The largest absolute Gasteiger partial charge is 0.434 e. The van der Waals surface area contributed by atoms with Gasteiger partial charge in [0.25, 0.3) is 5.91 Å². The molecule has 2 atom stereocenters. The Balaban J connectivity index is 1.73. The van der Waals surface area contributed by atoms with Crippen molar-refractivity contribution in [3.63, 3.8) is 0 Å². The van der Waals surface area contributed by atoms with Gasteiger partial charge in [0.15, 0.2) is 0 Å². The fourth-order valence-electron chi connectivity index (χ4n) is 6.80. The second-order valence-corrected chi connectivity index (χ2v) is 16.8. The molecule has 2 aliphatic heterocycles. The van der Waals surface area contributed by atoms with Gasteiger partial charge in [0.05, 0.1) is 23.1 Å². The summed E-state index contributed by atoms with van der Waals surface area (Å²) in [4.78, 5) is 19.2. The molecule has 2 aliphatic rings. The summed E-state index contributed by atoms with van der Waals surface area (Å²) in [7, 11) is -2.00. The van der Waals surface area contributed by atoms with Crippen LogP contribution in [0.5, 0.6) is 5.75 Å². The van der Waals surface area contributed by atoms with E-state index in [1.807, 2.05) is 22.8 Å². The Hall–Kier alpha value is -3.18. The topological polar surface area (TPSA) is 47.4 Å². The Labute approximate surface area is 228 Å². The van der Waals surface area contributed by atoms with E-state index in [0.29, 0.717) is 33.5 Å². The van der Waals surface area contributed by atoms with Gasteiger partial charge < -0.3 is 14.2 Å². The van der Waals surface area contributed by atoms with Crippen molar-refractivity contribution in [3.8, 4) is 17.2 Å². The van der Waals surface area contributed by atoms with Crippen molar-refractivity contribution in [1.29, 1.82) is 0 Å². The number of hydrogen-bond donors (Lipinski definition) is 0. The van der Waals surface area contributed by atoms with Gasteiger partial charge in [0.1, 0.15) is 19.6 Å². The van der Waals surface area contributed by atoms with Gasteiger partial charge >= 0.3 is 6.61 Å². The molecular weight excluding hydrogens is 500 g/mol. The van der Waals surface area contributed by atoms with Crippen LogP contribution in [0, 0.1) is 11.5 Å². The highest BCUT2D eigenvalue weighted by atomic mass is 28.3. The standard InChI is InChI=1S/C30H35F2N3O2Si/c1-17(2)38(18(3)4,19(5)6)14-13-20-11-12-22-23(15-20)35-24-16-25(28(35)33-22)34(7)29(36)21-9-8-10-26(27(21)24)37-30(31)32/h8-12,15,17-19,24-25,30H,16H2,1-7H3/t24-,25-/m1/s1/i7D3. The molecule has 0 saturated heterocycles. The van der Waals surface area contributed by atoms with Crippen LogP contribution in [0.1, 0.15) is 91.5 Å². The zero-order valence-corrected chi connectivity index (χ0v) is 23.5.